The van der Waals surface area contributed by atoms with Gasteiger partial charge in [0.05, 0.1) is 0 Å². The minimum atomic E-state index is 0. The van der Waals surface area contributed by atoms with Gasteiger partial charge in [0.15, 0.2) is 0 Å². The van der Waals surface area contributed by atoms with Gasteiger partial charge in [0.2, 0.25) is 0 Å². The van der Waals surface area contributed by atoms with Crippen molar-refractivity contribution in [2.45, 2.75) is 219 Å². The van der Waals surface area contributed by atoms with Gasteiger partial charge in [-0.2, -0.15) is 0 Å². The van der Waals surface area contributed by atoms with Gasteiger partial charge in [-0.3, -0.25) is 0 Å². The summed E-state index contributed by atoms with van der Waals surface area (Å²) in [5.41, 5.74) is 0. The molecule has 0 amide bonds. The maximum absolute atomic E-state index is 2.59. The molecule has 243 valence electrons. The van der Waals surface area contributed by atoms with Gasteiger partial charge in [-0.1, -0.05) is 90.9 Å². The van der Waals surface area contributed by atoms with Crippen LogP contribution >= 0.6 is 24.8 Å². The summed E-state index contributed by atoms with van der Waals surface area (Å²) in [7, 11) is 0. The Morgan fingerprint density at radius 1 is 0.275 bits per heavy atom. The summed E-state index contributed by atoms with van der Waals surface area (Å²) >= 11 is 2.34. The van der Waals surface area contributed by atoms with E-state index in [0.29, 0.717) is 0 Å². The molecule has 0 aliphatic rings. The van der Waals surface area contributed by atoms with Crippen molar-refractivity contribution in [1.29, 1.82) is 0 Å². The number of rotatable bonds is 34. The average Bonchev–Trinajstić information content (AvgIpc) is 2.92. The van der Waals surface area contributed by atoms with E-state index in [1.807, 2.05) is 0 Å². The summed E-state index contributed by atoms with van der Waals surface area (Å²) in [6, 6.07) is 0. The first kappa shape index (κ1) is 45.7. The van der Waals surface area contributed by atoms with E-state index in [4.69, 9.17) is 0 Å². The van der Waals surface area contributed by atoms with Crippen LogP contribution in [0, 0.1) is 0 Å². The van der Waals surface area contributed by atoms with Crippen molar-refractivity contribution in [3.8, 4) is 0 Å². The van der Waals surface area contributed by atoms with E-state index in [1.54, 1.807) is 0 Å². The van der Waals surface area contributed by atoms with E-state index in [-0.39, 0.29) is 24.8 Å². The van der Waals surface area contributed by atoms with Crippen molar-refractivity contribution in [2.75, 3.05) is 13.1 Å². The Bertz CT molecular complexity index is 374. The summed E-state index contributed by atoms with van der Waals surface area (Å²) in [6.07, 6.45) is 46.8. The SMILES string of the molecule is CCCCCCCCCCCCCCCCCC[N]([Ti])CCCCCCCCCCCCCCCCCC.Cl.Cl. The normalized spacial score (nSPS) is 11.1. The minimum Gasteiger partial charge on any atom is -0.147 e. The zero-order valence-corrected chi connectivity index (χ0v) is 31.0. The number of halogens is 2. The number of hydrogen-bond donors (Lipinski definition) is 0. The van der Waals surface area contributed by atoms with Crippen LogP contribution in [0.3, 0.4) is 0 Å². The molecule has 0 radical (unpaired) electrons. The van der Waals surface area contributed by atoms with Crippen LogP contribution in [0.5, 0.6) is 0 Å². The molecular formula is C36H76Cl2NTi. The fourth-order valence-corrected chi connectivity index (χ4v) is 6.31. The van der Waals surface area contributed by atoms with Crippen LogP contribution in [-0.4, -0.2) is 16.5 Å². The van der Waals surface area contributed by atoms with Crippen LogP contribution in [0.1, 0.15) is 219 Å². The molecule has 4 heteroatoms. The molecule has 0 saturated heterocycles. The predicted octanol–water partition coefficient (Wildman–Crippen LogP) is 14.1. The van der Waals surface area contributed by atoms with Gasteiger partial charge >= 0.3 is 166 Å². The van der Waals surface area contributed by atoms with Gasteiger partial charge in [0, 0.05) is 0 Å². The average molecular weight is 642 g/mol. The molecule has 0 N–H and O–H groups in total. The molecule has 0 aliphatic heterocycles. The maximum atomic E-state index is 2.59. The Hall–Kier alpha value is 1.25. The fraction of sp³-hybridized carbons (Fsp3) is 1.00. The van der Waals surface area contributed by atoms with Crippen LogP contribution in [0.2, 0.25) is 0 Å². The molecule has 0 fully saturated rings. The molecule has 0 aliphatic carbocycles. The van der Waals surface area contributed by atoms with Crippen LogP contribution in [0.15, 0.2) is 0 Å². The second kappa shape index (κ2) is 42.4. The second-order valence-corrected chi connectivity index (χ2v) is 13.6. The molecule has 0 atom stereocenters. The Morgan fingerprint density at radius 2 is 0.425 bits per heavy atom. The quantitative estimate of drug-likeness (QED) is 0.0499. The van der Waals surface area contributed by atoms with Gasteiger partial charge in [0.25, 0.3) is 0 Å². The third kappa shape index (κ3) is 41.4. The molecule has 1 nitrogen and oxygen atoms in total. The zero-order chi connectivity index (χ0) is 27.6. The van der Waals surface area contributed by atoms with Gasteiger partial charge in [-0.05, 0) is 0 Å². The van der Waals surface area contributed by atoms with Crippen molar-refractivity contribution in [2.24, 2.45) is 0 Å². The first-order valence-electron chi connectivity index (χ1n) is 18.3. The van der Waals surface area contributed by atoms with Crippen molar-refractivity contribution in [1.82, 2.24) is 3.38 Å². The van der Waals surface area contributed by atoms with Crippen molar-refractivity contribution in [3.63, 3.8) is 0 Å². The minimum absolute atomic E-state index is 0. The van der Waals surface area contributed by atoms with Gasteiger partial charge in [0.1, 0.15) is 0 Å². The number of hydrogen-bond acceptors (Lipinski definition) is 1. The standard InChI is InChI=1S/C36H74N.2ClH.Ti/c1-3-5-7-9-11-13-15-17-19-21-23-25-27-29-31-33-35-37-36-34-32-30-28-26-24-22-20-18-16-14-12-10-8-6-4-2;;;/h3-36H2,1-2H3;2*1H;/q-1;;;+1. The molecule has 0 bridgehead atoms. The predicted molar refractivity (Wildman–Crippen MR) is 185 cm³/mol. The van der Waals surface area contributed by atoms with Gasteiger partial charge < -0.3 is 0 Å². The Morgan fingerprint density at radius 3 is 0.600 bits per heavy atom. The van der Waals surface area contributed by atoms with E-state index < -0.39 is 0 Å². The third-order valence-electron chi connectivity index (χ3n) is 8.56. The third-order valence-corrected chi connectivity index (χ3v) is 9.26. The molecular weight excluding hydrogens is 565 g/mol. The monoisotopic (exact) mass is 640 g/mol. The zero-order valence-electron chi connectivity index (χ0n) is 27.8. The van der Waals surface area contributed by atoms with E-state index in [0.717, 1.165) is 0 Å². The Labute approximate surface area is 279 Å². The van der Waals surface area contributed by atoms with E-state index in [9.17, 15) is 0 Å². The fourth-order valence-electron chi connectivity index (χ4n) is 5.81. The molecule has 0 spiro atoms. The van der Waals surface area contributed by atoms with Crippen molar-refractivity contribution in [3.05, 3.63) is 0 Å². The van der Waals surface area contributed by atoms with E-state index >= 15 is 0 Å². The van der Waals surface area contributed by atoms with Crippen molar-refractivity contribution >= 4 is 24.8 Å². The molecule has 0 saturated carbocycles. The first-order chi connectivity index (χ1) is 18.8. The summed E-state index contributed by atoms with van der Waals surface area (Å²) in [5.74, 6) is 0. The Kier molecular flexibility index (Phi) is 48.4. The molecule has 0 heterocycles. The summed E-state index contributed by atoms with van der Waals surface area (Å²) in [5, 5.41) is 0. The van der Waals surface area contributed by atoms with Crippen LogP contribution < -0.4 is 0 Å². The summed E-state index contributed by atoms with van der Waals surface area (Å²) < 4.78 is 2.59. The molecule has 40 heavy (non-hydrogen) atoms. The molecule has 0 rings (SSSR count). The van der Waals surface area contributed by atoms with Gasteiger partial charge in [-0.25, -0.2) is 0 Å². The molecule has 0 unspecified atom stereocenters. The molecule has 0 aromatic heterocycles. The molecule has 0 aromatic rings. The van der Waals surface area contributed by atoms with E-state index in [1.165, 1.54) is 219 Å². The first-order valence-corrected chi connectivity index (χ1v) is 19.0. The Balaban J connectivity index is -0.00000684. The van der Waals surface area contributed by atoms with Crippen LogP contribution in [0.25, 0.3) is 0 Å². The van der Waals surface area contributed by atoms with Crippen molar-refractivity contribution < 1.29 is 20.7 Å². The van der Waals surface area contributed by atoms with Crippen LogP contribution in [0.4, 0.5) is 0 Å². The van der Waals surface area contributed by atoms with Crippen LogP contribution in [-0.2, 0) is 20.7 Å². The topological polar surface area (TPSA) is 3.24 Å². The second-order valence-electron chi connectivity index (χ2n) is 12.6. The number of unbranched alkanes of at least 4 members (excludes halogenated alkanes) is 30. The summed E-state index contributed by atoms with van der Waals surface area (Å²) in [4.78, 5) is 0. The summed E-state index contributed by atoms with van der Waals surface area (Å²) in [6.45, 7) is 7.25. The van der Waals surface area contributed by atoms with Gasteiger partial charge in [-0.15, -0.1) is 24.8 Å². The van der Waals surface area contributed by atoms with E-state index in [2.05, 4.69) is 37.9 Å². The number of nitrogens with zero attached hydrogens (tertiary/aromatic N) is 1. The smallest absolute Gasteiger partial charge is 0.147 e. The molecule has 0 aromatic carbocycles.